The summed E-state index contributed by atoms with van der Waals surface area (Å²) in [4.78, 5) is 0. The summed E-state index contributed by atoms with van der Waals surface area (Å²) in [5, 5.41) is 3.35. The molecule has 0 fully saturated rings. The van der Waals surface area contributed by atoms with Gasteiger partial charge in [-0.1, -0.05) is 30.9 Å². The van der Waals surface area contributed by atoms with Crippen LogP contribution in [0.3, 0.4) is 0 Å². The summed E-state index contributed by atoms with van der Waals surface area (Å²) < 4.78 is 0. The third kappa shape index (κ3) is 2.11. The van der Waals surface area contributed by atoms with Crippen LogP contribution in [-0.2, 0) is 13.0 Å². The lowest BCUT2D eigenvalue weighted by Gasteiger charge is -2.16. The van der Waals surface area contributed by atoms with Crippen LogP contribution in [0.1, 0.15) is 16.7 Å². The van der Waals surface area contributed by atoms with E-state index < -0.39 is 0 Å². The number of halogens is 1. The molecule has 13 heavy (non-hydrogen) atoms. The first-order chi connectivity index (χ1) is 5.90. The van der Waals surface area contributed by atoms with Gasteiger partial charge >= 0.3 is 0 Å². The summed E-state index contributed by atoms with van der Waals surface area (Å²) in [5.74, 6) is 0. The van der Waals surface area contributed by atoms with Gasteiger partial charge in [-0.3, -0.25) is 0 Å². The molecule has 70 valence electrons. The van der Waals surface area contributed by atoms with Gasteiger partial charge < -0.3 is 5.32 Å². The van der Waals surface area contributed by atoms with E-state index in [1.807, 2.05) is 6.08 Å². The van der Waals surface area contributed by atoms with Crippen molar-refractivity contribution >= 4 is 18.5 Å². The summed E-state index contributed by atoms with van der Waals surface area (Å²) >= 11 is 0. The van der Waals surface area contributed by atoms with Crippen LogP contribution in [0.15, 0.2) is 24.8 Å². The van der Waals surface area contributed by atoms with E-state index in [9.17, 15) is 0 Å². The van der Waals surface area contributed by atoms with Crippen molar-refractivity contribution in [2.24, 2.45) is 0 Å². The zero-order valence-corrected chi connectivity index (χ0v) is 8.36. The van der Waals surface area contributed by atoms with Gasteiger partial charge in [0.2, 0.25) is 0 Å². The van der Waals surface area contributed by atoms with Crippen molar-refractivity contribution in [1.29, 1.82) is 0 Å². The van der Waals surface area contributed by atoms with Gasteiger partial charge in [0.25, 0.3) is 0 Å². The van der Waals surface area contributed by atoms with Crippen molar-refractivity contribution in [3.05, 3.63) is 41.5 Å². The molecule has 0 aromatic heterocycles. The highest BCUT2D eigenvalue weighted by Gasteiger charge is 2.07. The van der Waals surface area contributed by atoms with Crippen LogP contribution in [0.25, 0.3) is 6.08 Å². The normalized spacial score (nSPS) is 14.2. The van der Waals surface area contributed by atoms with E-state index in [4.69, 9.17) is 0 Å². The van der Waals surface area contributed by atoms with Crippen molar-refractivity contribution in [2.75, 3.05) is 6.54 Å². The summed E-state index contributed by atoms with van der Waals surface area (Å²) in [6.45, 7) is 5.89. The maximum atomic E-state index is 3.76. The molecule has 1 aromatic rings. The van der Waals surface area contributed by atoms with E-state index in [1.54, 1.807) is 0 Å². The molecule has 0 spiro atoms. The fourth-order valence-corrected chi connectivity index (χ4v) is 1.62. The number of hydrogen-bond donors (Lipinski definition) is 1. The molecule has 1 nitrogen and oxygen atoms in total. The molecule has 1 heterocycles. The third-order valence-corrected chi connectivity index (χ3v) is 2.35. The van der Waals surface area contributed by atoms with E-state index in [2.05, 4.69) is 30.1 Å². The zero-order chi connectivity index (χ0) is 8.39. The minimum absolute atomic E-state index is 0. The Bertz CT molecular complexity index is 307. The highest BCUT2D eigenvalue weighted by atomic mass is 35.5. The Kier molecular flexibility index (Phi) is 3.52. The van der Waals surface area contributed by atoms with Crippen molar-refractivity contribution < 1.29 is 0 Å². The number of nitrogens with one attached hydrogen (secondary N) is 1. The van der Waals surface area contributed by atoms with Gasteiger partial charge in [0.1, 0.15) is 0 Å². The van der Waals surface area contributed by atoms with Crippen molar-refractivity contribution in [2.45, 2.75) is 13.0 Å². The van der Waals surface area contributed by atoms with Crippen LogP contribution in [-0.4, -0.2) is 6.54 Å². The van der Waals surface area contributed by atoms with Crippen LogP contribution in [0, 0.1) is 0 Å². The first-order valence-electron chi connectivity index (χ1n) is 4.35. The Morgan fingerprint density at radius 3 is 2.92 bits per heavy atom. The van der Waals surface area contributed by atoms with Gasteiger partial charge in [0.15, 0.2) is 0 Å². The quantitative estimate of drug-likeness (QED) is 0.726. The molecule has 0 aliphatic carbocycles. The lowest BCUT2D eigenvalue weighted by Crippen LogP contribution is -2.23. The van der Waals surface area contributed by atoms with Crippen LogP contribution in [0.2, 0.25) is 0 Å². The van der Waals surface area contributed by atoms with Crippen LogP contribution in [0.5, 0.6) is 0 Å². The van der Waals surface area contributed by atoms with Crippen molar-refractivity contribution in [3.8, 4) is 0 Å². The molecular formula is C11H14ClN. The molecule has 0 radical (unpaired) electrons. The predicted molar refractivity (Wildman–Crippen MR) is 59.2 cm³/mol. The van der Waals surface area contributed by atoms with Crippen LogP contribution < -0.4 is 5.32 Å². The maximum absolute atomic E-state index is 3.76. The first-order valence-corrected chi connectivity index (χ1v) is 4.35. The fraction of sp³-hybridized carbons (Fsp3) is 0.273. The monoisotopic (exact) mass is 195 g/mol. The van der Waals surface area contributed by atoms with Gasteiger partial charge in [0, 0.05) is 6.54 Å². The largest absolute Gasteiger partial charge is 0.312 e. The molecule has 0 saturated heterocycles. The second-order valence-corrected chi connectivity index (χ2v) is 3.16. The third-order valence-electron chi connectivity index (χ3n) is 2.35. The molecule has 0 amide bonds. The molecular weight excluding hydrogens is 182 g/mol. The summed E-state index contributed by atoms with van der Waals surface area (Å²) in [7, 11) is 0. The minimum Gasteiger partial charge on any atom is -0.312 e. The zero-order valence-electron chi connectivity index (χ0n) is 7.55. The highest BCUT2D eigenvalue weighted by Crippen LogP contribution is 2.16. The van der Waals surface area contributed by atoms with Crippen molar-refractivity contribution in [3.63, 3.8) is 0 Å². The standard InChI is InChI=1S/C11H13N.ClH/c1-2-9-3-4-11-8-12-6-5-10(11)7-9;/h2-4,7,12H,1,5-6,8H2;1H. The average Bonchev–Trinajstić information content (AvgIpc) is 2.17. The Hall–Kier alpha value is -0.790. The average molecular weight is 196 g/mol. The van der Waals surface area contributed by atoms with Crippen LogP contribution in [0.4, 0.5) is 0 Å². The topological polar surface area (TPSA) is 12.0 Å². The number of hydrogen-bond acceptors (Lipinski definition) is 1. The predicted octanol–water partition coefficient (Wildman–Crippen LogP) is 2.40. The molecule has 0 unspecified atom stereocenters. The second kappa shape index (κ2) is 4.45. The van der Waals surface area contributed by atoms with E-state index in [0.717, 1.165) is 19.5 Å². The highest BCUT2D eigenvalue weighted by molar-refractivity contribution is 5.85. The lowest BCUT2D eigenvalue weighted by molar-refractivity contribution is 0.643. The minimum atomic E-state index is 0. The molecule has 0 bridgehead atoms. The molecule has 0 atom stereocenters. The SMILES string of the molecule is C=Cc1ccc2c(c1)CCNC2.Cl. The Morgan fingerprint density at radius 1 is 1.31 bits per heavy atom. The molecule has 1 aromatic carbocycles. The molecule has 2 rings (SSSR count). The van der Waals surface area contributed by atoms with Crippen LogP contribution >= 0.6 is 12.4 Å². The Labute approximate surface area is 85.3 Å². The van der Waals surface area contributed by atoms with E-state index in [0.29, 0.717) is 0 Å². The summed E-state index contributed by atoms with van der Waals surface area (Å²) in [5.41, 5.74) is 4.15. The maximum Gasteiger partial charge on any atom is 0.0208 e. The summed E-state index contributed by atoms with van der Waals surface area (Å²) in [6.07, 6.45) is 3.05. The van der Waals surface area contributed by atoms with Gasteiger partial charge in [-0.15, -0.1) is 12.4 Å². The van der Waals surface area contributed by atoms with E-state index in [1.165, 1.54) is 16.7 Å². The van der Waals surface area contributed by atoms with E-state index in [-0.39, 0.29) is 12.4 Å². The molecule has 1 N–H and O–H groups in total. The van der Waals surface area contributed by atoms with Gasteiger partial charge in [0.05, 0.1) is 0 Å². The molecule has 1 aliphatic heterocycles. The number of rotatable bonds is 1. The fourth-order valence-electron chi connectivity index (χ4n) is 1.62. The van der Waals surface area contributed by atoms with E-state index >= 15 is 0 Å². The second-order valence-electron chi connectivity index (χ2n) is 3.16. The molecule has 1 aliphatic rings. The number of fused-ring (bicyclic) bond motifs is 1. The van der Waals surface area contributed by atoms with Crippen molar-refractivity contribution in [1.82, 2.24) is 5.32 Å². The van der Waals surface area contributed by atoms with Gasteiger partial charge in [-0.05, 0) is 29.7 Å². The lowest BCUT2D eigenvalue weighted by atomic mass is 9.98. The molecule has 2 heteroatoms. The van der Waals surface area contributed by atoms with Gasteiger partial charge in [-0.2, -0.15) is 0 Å². The van der Waals surface area contributed by atoms with Gasteiger partial charge in [-0.25, -0.2) is 0 Å². The Balaban J connectivity index is 0.000000845. The molecule has 0 saturated carbocycles. The smallest absolute Gasteiger partial charge is 0.0208 e. The Morgan fingerprint density at radius 2 is 2.15 bits per heavy atom. The number of benzene rings is 1. The first kappa shape index (κ1) is 10.3. The summed E-state index contributed by atoms with van der Waals surface area (Å²) in [6, 6.07) is 6.56.